The number of primary amides is 1. The largest absolute Gasteiger partial charge is 0.370 e. The van der Waals surface area contributed by atoms with Crippen LogP contribution in [0.4, 0.5) is 0 Å². The molecule has 0 radical (unpaired) electrons. The zero-order chi connectivity index (χ0) is 14.1. The summed E-state index contributed by atoms with van der Waals surface area (Å²) in [7, 11) is 0. The van der Waals surface area contributed by atoms with Crippen LogP contribution in [0.25, 0.3) is 11.3 Å². The molecule has 0 aliphatic carbocycles. The number of carbonyl (C=O) groups is 1. The molecule has 1 unspecified atom stereocenters. The first-order valence-electron chi connectivity index (χ1n) is 6.49. The molecule has 6 heteroatoms. The third-order valence-electron chi connectivity index (χ3n) is 3.34. The third-order valence-corrected chi connectivity index (χ3v) is 4.29. The molecule has 5 nitrogen and oxygen atoms in total. The average Bonchev–Trinajstić information content (AvgIpc) is 2.98. The summed E-state index contributed by atoms with van der Waals surface area (Å²) in [6, 6.07) is 9.49. The predicted molar refractivity (Wildman–Crippen MR) is 79.1 cm³/mol. The van der Waals surface area contributed by atoms with Crippen LogP contribution in [0.3, 0.4) is 0 Å². The Morgan fingerprint density at radius 1 is 1.40 bits per heavy atom. The number of amides is 1. The molecular weight excluding hydrogens is 272 g/mol. The van der Waals surface area contributed by atoms with Crippen LogP contribution in [0.5, 0.6) is 0 Å². The molecule has 2 aromatic rings. The zero-order valence-electron chi connectivity index (χ0n) is 11.0. The van der Waals surface area contributed by atoms with Gasteiger partial charge in [-0.3, -0.25) is 4.79 Å². The van der Waals surface area contributed by atoms with E-state index in [4.69, 9.17) is 11.5 Å². The maximum atomic E-state index is 11.2. The van der Waals surface area contributed by atoms with E-state index in [2.05, 4.69) is 9.55 Å². The van der Waals surface area contributed by atoms with Crippen molar-refractivity contribution in [3.63, 3.8) is 0 Å². The Morgan fingerprint density at radius 2 is 2.15 bits per heavy atom. The second-order valence-electron chi connectivity index (χ2n) is 4.77. The lowest BCUT2D eigenvalue weighted by Gasteiger charge is -2.14. The quantitative estimate of drug-likeness (QED) is 0.893. The predicted octanol–water partition coefficient (Wildman–Crippen LogP) is 1.53. The summed E-state index contributed by atoms with van der Waals surface area (Å²) in [4.78, 5) is 15.8. The number of hydrogen-bond donors (Lipinski definition) is 2. The highest BCUT2D eigenvalue weighted by atomic mass is 32.2. The van der Waals surface area contributed by atoms with E-state index in [0.717, 1.165) is 34.4 Å². The standard InChI is InChI=1S/C14H16N4OS/c15-10(8-11(16)19)13-12(9-4-2-1-3-5-9)17-14-18(13)6-7-20-14/h1-5,10H,6-8,15H2,(H2,16,19). The minimum absolute atomic E-state index is 0.135. The van der Waals surface area contributed by atoms with Crippen LogP contribution in [-0.2, 0) is 11.3 Å². The highest BCUT2D eigenvalue weighted by molar-refractivity contribution is 7.99. The number of benzene rings is 1. The van der Waals surface area contributed by atoms with Gasteiger partial charge in [0, 0.05) is 24.3 Å². The van der Waals surface area contributed by atoms with Gasteiger partial charge in [0.05, 0.1) is 17.4 Å². The molecule has 1 amide bonds. The molecule has 4 N–H and O–H groups in total. The van der Waals surface area contributed by atoms with Crippen LogP contribution >= 0.6 is 11.8 Å². The molecular formula is C14H16N4OS. The van der Waals surface area contributed by atoms with Crippen molar-refractivity contribution in [2.24, 2.45) is 11.5 Å². The van der Waals surface area contributed by atoms with Gasteiger partial charge in [-0.1, -0.05) is 42.1 Å². The summed E-state index contributed by atoms with van der Waals surface area (Å²) in [5.74, 6) is 0.603. The van der Waals surface area contributed by atoms with Crippen LogP contribution in [0.15, 0.2) is 35.5 Å². The molecule has 0 bridgehead atoms. The van der Waals surface area contributed by atoms with Gasteiger partial charge in [0.25, 0.3) is 0 Å². The smallest absolute Gasteiger partial charge is 0.219 e. The fourth-order valence-electron chi connectivity index (χ4n) is 2.50. The van der Waals surface area contributed by atoms with E-state index in [0.29, 0.717) is 0 Å². The first kappa shape index (κ1) is 13.2. The minimum Gasteiger partial charge on any atom is -0.370 e. The SMILES string of the molecule is NC(=O)CC(N)c1c(-c2ccccc2)nc2n1CCS2. The number of fused-ring (bicyclic) bond motifs is 1. The Labute approximate surface area is 121 Å². The molecule has 104 valence electrons. The average molecular weight is 288 g/mol. The topological polar surface area (TPSA) is 86.9 Å². The molecule has 0 fully saturated rings. The van der Waals surface area contributed by atoms with Crippen LogP contribution in [0.1, 0.15) is 18.2 Å². The zero-order valence-corrected chi connectivity index (χ0v) is 11.8. The summed E-state index contributed by atoms with van der Waals surface area (Å²) in [5.41, 5.74) is 14.3. The summed E-state index contributed by atoms with van der Waals surface area (Å²) in [6.07, 6.45) is 0.135. The van der Waals surface area contributed by atoms with E-state index in [1.165, 1.54) is 0 Å². The number of nitrogens with zero attached hydrogens (tertiary/aromatic N) is 2. The van der Waals surface area contributed by atoms with E-state index in [-0.39, 0.29) is 6.42 Å². The van der Waals surface area contributed by atoms with Gasteiger partial charge in [0.15, 0.2) is 5.16 Å². The first-order valence-corrected chi connectivity index (χ1v) is 7.48. The van der Waals surface area contributed by atoms with Gasteiger partial charge in [-0.15, -0.1) is 0 Å². The van der Waals surface area contributed by atoms with Crippen LogP contribution in [-0.4, -0.2) is 21.2 Å². The van der Waals surface area contributed by atoms with Crippen molar-refractivity contribution in [1.82, 2.24) is 9.55 Å². The molecule has 3 rings (SSSR count). The molecule has 0 saturated carbocycles. The number of aromatic nitrogens is 2. The highest BCUT2D eigenvalue weighted by Gasteiger charge is 2.26. The minimum atomic E-state index is -0.414. The number of carbonyl (C=O) groups excluding carboxylic acids is 1. The Kier molecular flexibility index (Phi) is 3.50. The fourth-order valence-corrected chi connectivity index (χ4v) is 3.45. The van der Waals surface area contributed by atoms with Crippen LogP contribution in [0.2, 0.25) is 0 Å². The fraction of sp³-hybridized carbons (Fsp3) is 0.286. The maximum Gasteiger partial charge on any atom is 0.219 e. The van der Waals surface area contributed by atoms with Crippen molar-refractivity contribution in [3.8, 4) is 11.3 Å². The van der Waals surface area contributed by atoms with Crippen LogP contribution in [0, 0.1) is 0 Å². The molecule has 1 atom stereocenters. The van der Waals surface area contributed by atoms with Crippen molar-refractivity contribution in [3.05, 3.63) is 36.0 Å². The molecule has 20 heavy (non-hydrogen) atoms. The van der Waals surface area contributed by atoms with Gasteiger partial charge in [-0.2, -0.15) is 0 Å². The molecule has 1 aliphatic heterocycles. The summed E-state index contributed by atoms with van der Waals surface area (Å²) >= 11 is 1.71. The van der Waals surface area contributed by atoms with E-state index in [1.807, 2.05) is 30.3 Å². The lowest BCUT2D eigenvalue weighted by Crippen LogP contribution is -2.23. The van der Waals surface area contributed by atoms with E-state index in [9.17, 15) is 4.79 Å². The van der Waals surface area contributed by atoms with Crippen molar-refractivity contribution >= 4 is 17.7 Å². The monoisotopic (exact) mass is 288 g/mol. The molecule has 1 aromatic carbocycles. The Hall–Kier alpha value is -1.79. The molecule has 2 heterocycles. The number of thioether (sulfide) groups is 1. The molecule has 0 saturated heterocycles. The van der Waals surface area contributed by atoms with Gasteiger partial charge in [0.1, 0.15) is 0 Å². The second kappa shape index (κ2) is 5.30. The van der Waals surface area contributed by atoms with Gasteiger partial charge in [-0.25, -0.2) is 4.98 Å². The van der Waals surface area contributed by atoms with Gasteiger partial charge >= 0.3 is 0 Å². The van der Waals surface area contributed by atoms with Gasteiger partial charge in [0.2, 0.25) is 5.91 Å². The second-order valence-corrected chi connectivity index (χ2v) is 5.83. The van der Waals surface area contributed by atoms with Crippen molar-refractivity contribution in [1.29, 1.82) is 0 Å². The summed E-state index contributed by atoms with van der Waals surface area (Å²) in [5, 5.41) is 0.971. The van der Waals surface area contributed by atoms with Crippen molar-refractivity contribution < 1.29 is 4.79 Å². The molecule has 1 aliphatic rings. The first-order chi connectivity index (χ1) is 9.66. The molecule has 0 spiro atoms. The lowest BCUT2D eigenvalue weighted by molar-refractivity contribution is -0.118. The number of nitrogens with two attached hydrogens (primary N) is 2. The molecule has 1 aromatic heterocycles. The van der Waals surface area contributed by atoms with Crippen molar-refractivity contribution in [2.45, 2.75) is 24.2 Å². The number of imidazole rings is 1. The summed E-state index contributed by atoms with van der Waals surface area (Å²) < 4.78 is 2.11. The maximum absolute atomic E-state index is 11.2. The lowest BCUT2D eigenvalue weighted by atomic mass is 10.0. The Balaban J connectivity index is 2.09. The summed E-state index contributed by atoms with van der Waals surface area (Å²) in [6.45, 7) is 0.877. The number of rotatable bonds is 4. The van der Waals surface area contributed by atoms with E-state index < -0.39 is 11.9 Å². The third kappa shape index (κ3) is 2.32. The van der Waals surface area contributed by atoms with Crippen LogP contribution < -0.4 is 11.5 Å². The normalized spacial score (nSPS) is 15.1. The highest BCUT2D eigenvalue weighted by Crippen LogP contribution is 2.36. The van der Waals surface area contributed by atoms with Gasteiger partial charge < -0.3 is 16.0 Å². The van der Waals surface area contributed by atoms with E-state index >= 15 is 0 Å². The Morgan fingerprint density at radius 3 is 2.85 bits per heavy atom. The van der Waals surface area contributed by atoms with Gasteiger partial charge in [-0.05, 0) is 0 Å². The van der Waals surface area contributed by atoms with E-state index in [1.54, 1.807) is 11.8 Å². The van der Waals surface area contributed by atoms with Crippen molar-refractivity contribution in [2.75, 3.05) is 5.75 Å². The number of hydrogen-bond acceptors (Lipinski definition) is 4. The Bertz CT molecular complexity index is 638.